The SMILES string of the molecule is Cc1ccc(C)c(NC(=O)CCN2C(=S)N[C@H](c3ccccn3)[C@H]2c2cccn2C(C)C)c1. The number of carbonyl (C=O) groups is 1. The Kier molecular flexibility index (Phi) is 6.79. The van der Waals surface area contributed by atoms with E-state index in [1.165, 1.54) is 0 Å². The van der Waals surface area contributed by atoms with E-state index in [4.69, 9.17) is 12.2 Å². The summed E-state index contributed by atoms with van der Waals surface area (Å²) < 4.78 is 2.26. The molecule has 1 saturated heterocycles. The number of benzene rings is 1. The Morgan fingerprint density at radius 1 is 1.18 bits per heavy atom. The van der Waals surface area contributed by atoms with Gasteiger partial charge < -0.3 is 20.1 Å². The summed E-state index contributed by atoms with van der Waals surface area (Å²) in [6.45, 7) is 8.88. The van der Waals surface area contributed by atoms with E-state index >= 15 is 0 Å². The van der Waals surface area contributed by atoms with E-state index in [9.17, 15) is 4.79 Å². The first kappa shape index (κ1) is 23.0. The minimum absolute atomic E-state index is 0.0224. The second kappa shape index (κ2) is 9.75. The van der Waals surface area contributed by atoms with Crippen molar-refractivity contribution in [3.63, 3.8) is 0 Å². The molecule has 1 aromatic carbocycles. The lowest BCUT2D eigenvalue weighted by Crippen LogP contribution is -2.33. The van der Waals surface area contributed by atoms with E-state index in [0.717, 1.165) is 28.2 Å². The molecule has 1 amide bonds. The number of hydrogen-bond donors (Lipinski definition) is 2. The lowest BCUT2D eigenvalue weighted by atomic mass is 10.0. The number of hydrogen-bond acceptors (Lipinski definition) is 3. The number of thiocarbonyl (C=S) groups is 1. The van der Waals surface area contributed by atoms with Crippen molar-refractivity contribution in [2.24, 2.45) is 0 Å². The number of rotatable bonds is 7. The Labute approximate surface area is 201 Å². The summed E-state index contributed by atoms with van der Waals surface area (Å²) in [6, 6.07) is 16.4. The average Bonchev–Trinajstić information content (AvgIpc) is 3.40. The fraction of sp³-hybridized carbons (Fsp3) is 0.346. The lowest BCUT2D eigenvalue weighted by molar-refractivity contribution is -0.116. The van der Waals surface area contributed by atoms with Crippen molar-refractivity contribution in [1.82, 2.24) is 19.8 Å². The van der Waals surface area contributed by atoms with Gasteiger partial charge in [-0.3, -0.25) is 9.78 Å². The van der Waals surface area contributed by atoms with E-state index in [0.29, 0.717) is 24.1 Å². The number of anilines is 1. The molecular formula is C26H31N5OS. The van der Waals surface area contributed by atoms with Gasteiger partial charge in [0.25, 0.3) is 0 Å². The molecule has 0 saturated carbocycles. The van der Waals surface area contributed by atoms with Gasteiger partial charge in [0.2, 0.25) is 5.91 Å². The third kappa shape index (κ3) is 4.93. The second-order valence-corrected chi connectivity index (χ2v) is 9.26. The van der Waals surface area contributed by atoms with Crippen molar-refractivity contribution in [2.75, 3.05) is 11.9 Å². The van der Waals surface area contributed by atoms with Crippen LogP contribution in [0.3, 0.4) is 0 Å². The van der Waals surface area contributed by atoms with E-state index < -0.39 is 0 Å². The van der Waals surface area contributed by atoms with Crippen LogP contribution < -0.4 is 10.6 Å². The summed E-state index contributed by atoms with van der Waals surface area (Å²) in [4.78, 5) is 19.6. The molecule has 3 aromatic rings. The van der Waals surface area contributed by atoms with Gasteiger partial charge in [0, 0.05) is 42.8 Å². The fourth-order valence-electron chi connectivity index (χ4n) is 4.40. The quantitative estimate of drug-likeness (QED) is 0.481. The van der Waals surface area contributed by atoms with E-state index in [1.54, 1.807) is 6.20 Å². The molecule has 1 aliphatic rings. The highest BCUT2D eigenvalue weighted by molar-refractivity contribution is 7.80. The van der Waals surface area contributed by atoms with Gasteiger partial charge in [0.05, 0.1) is 17.8 Å². The Morgan fingerprint density at radius 3 is 2.73 bits per heavy atom. The van der Waals surface area contributed by atoms with Crippen molar-refractivity contribution in [3.05, 3.63) is 83.4 Å². The van der Waals surface area contributed by atoms with Crippen LogP contribution in [0, 0.1) is 13.8 Å². The molecule has 33 heavy (non-hydrogen) atoms. The van der Waals surface area contributed by atoms with Gasteiger partial charge in [0.15, 0.2) is 5.11 Å². The second-order valence-electron chi connectivity index (χ2n) is 8.87. The zero-order valence-corrected chi connectivity index (χ0v) is 20.4. The highest BCUT2D eigenvalue weighted by atomic mass is 32.1. The van der Waals surface area contributed by atoms with Crippen LogP contribution in [0.15, 0.2) is 60.9 Å². The van der Waals surface area contributed by atoms with Crippen LogP contribution in [0.2, 0.25) is 0 Å². The van der Waals surface area contributed by atoms with Gasteiger partial charge in [-0.1, -0.05) is 18.2 Å². The number of aromatic nitrogens is 2. The Balaban J connectivity index is 1.57. The zero-order valence-electron chi connectivity index (χ0n) is 19.6. The Hall–Kier alpha value is -3.19. The largest absolute Gasteiger partial charge is 0.352 e. The number of nitrogens with one attached hydrogen (secondary N) is 2. The predicted molar refractivity (Wildman–Crippen MR) is 136 cm³/mol. The molecule has 0 spiro atoms. The predicted octanol–water partition coefficient (Wildman–Crippen LogP) is 5.08. The third-order valence-corrected chi connectivity index (χ3v) is 6.47. The summed E-state index contributed by atoms with van der Waals surface area (Å²) >= 11 is 5.74. The lowest BCUT2D eigenvalue weighted by Gasteiger charge is -2.29. The van der Waals surface area contributed by atoms with Gasteiger partial charge >= 0.3 is 0 Å². The molecule has 4 rings (SSSR count). The fourth-order valence-corrected chi connectivity index (χ4v) is 4.73. The molecule has 0 unspecified atom stereocenters. The number of nitrogens with zero attached hydrogens (tertiary/aromatic N) is 3. The minimum atomic E-state index is -0.0896. The Bertz CT molecular complexity index is 1140. The minimum Gasteiger partial charge on any atom is -0.352 e. The van der Waals surface area contributed by atoms with Crippen LogP contribution in [0.25, 0.3) is 0 Å². The molecule has 3 heterocycles. The molecule has 0 aliphatic carbocycles. The van der Waals surface area contributed by atoms with E-state index in [1.807, 2.05) is 50.2 Å². The summed E-state index contributed by atoms with van der Waals surface area (Å²) in [5.41, 5.74) is 5.12. The van der Waals surface area contributed by atoms with Crippen LogP contribution in [0.4, 0.5) is 5.69 Å². The van der Waals surface area contributed by atoms with E-state index in [2.05, 4.69) is 57.3 Å². The maximum Gasteiger partial charge on any atom is 0.226 e. The topological polar surface area (TPSA) is 62.2 Å². The standard InChI is InChI=1S/C26H31N5OS/c1-17(2)30-14-7-9-22(30)25-24(20-8-5-6-13-27-20)29-26(33)31(25)15-12-23(32)28-21-16-18(3)10-11-19(21)4/h5-11,13-14,16-17,24-25H,12,15H2,1-4H3,(H,28,32)(H,29,33)/t24-,25-/m1/s1. The van der Waals surface area contributed by atoms with Gasteiger partial charge in [-0.2, -0.15) is 0 Å². The smallest absolute Gasteiger partial charge is 0.226 e. The molecule has 2 atom stereocenters. The molecule has 7 heteroatoms. The van der Waals surface area contributed by atoms with E-state index in [-0.39, 0.29) is 18.0 Å². The molecule has 2 aromatic heterocycles. The van der Waals surface area contributed by atoms with Crippen molar-refractivity contribution in [2.45, 2.75) is 52.2 Å². The van der Waals surface area contributed by atoms with Gasteiger partial charge in [-0.25, -0.2) is 0 Å². The first-order valence-corrected chi connectivity index (χ1v) is 11.8. The van der Waals surface area contributed by atoms with Crippen molar-refractivity contribution in [1.29, 1.82) is 0 Å². The van der Waals surface area contributed by atoms with Crippen LogP contribution >= 0.6 is 12.2 Å². The maximum atomic E-state index is 12.8. The monoisotopic (exact) mass is 461 g/mol. The zero-order chi connectivity index (χ0) is 23.5. The normalized spacial score (nSPS) is 18.0. The molecule has 1 fully saturated rings. The number of carbonyl (C=O) groups excluding carboxylic acids is 1. The molecule has 1 aliphatic heterocycles. The highest BCUT2D eigenvalue weighted by Gasteiger charge is 2.41. The number of aryl methyl sites for hydroxylation is 2. The van der Waals surface area contributed by atoms with Gasteiger partial charge in [-0.15, -0.1) is 0 Å². The first-order valence-electron chi connectivity index (χ1n) is 11.4. The molecular weight excluding hydrogens is 430 g/mol. The summed E-state index contributed by atoms with van der Waals surface area (Å²) in [6.07, 6.45) is 4.24. The van der Waals surface area contributed by atoms with Crippen molar-refractivity contribution in [3.8, 4) is 0 Å². The number of pyridine rings is 1. The van der Waals surface area contributed by atoms with Crippen LogP contribution in [0.5, 0.6) is 0 Å². The maximum absolute atomic E-state index is 12.8. The summed E-state index contributed by atoms with van der Waals surface area (Å²) in [5.74, 6) is -0.0224. The first-order chi connectivity index (χ1) is 15.8. The molecule has 2 N–H and O–H groups in total. The average molecular weight is 462 g/mol. The number of amides is 1. The Morgan fingerprint density at radius 2 is 2.00 bits per heavy atom. The van der Waals surface area contributed by atoms with Crippen molar-refractivity contribution >= 4 is 28.9 Å². The van der Waals surface area contributed by atoms with Gasteiger partial charge in [0.1, 0.15) is 0 Å². The highest BCUT2D eigenvalue weighted by Crippen LogP contribution is 2.39. The molecule has 0 radical (unpaired) electrons. The molecule has 0 bridgehead atoms. The molecule has 172 valence electrons. The summed E-state index contributed by atoms with van der Waals surface area (Å²) in [7, 11) is 0. The van der Waals surface area contributed by atoms with Crippen molar-refractivity contribution < 1.29 is 4.79 Å². The van der Waals surface area contributed by atoms with Gasteiger partial charge in [-0.05, 0) is 81.4 Å². The van der Waals surface area contributed by atoms with Crippen LogP contribution in [-0.4, -0.2) is 32.0 Å². The van der Waals surface area contributed by atoms with Crippen LogP contribution in [-0.2, 0) is 4.79 Å². The summed E-state index contributed by atoms with van der Waals surface area (Å²) in [5, 5.41) is 7.17. The molecule has 6 nitrogen and oxygen atoms in total. The third-order valence-electron chi connectivity index (χ3n) is 6.12. The van der Waals surface area contributed by atoms with Crippen LogP contribution in [0.1, 0.15) is 60.9 Å².